The first kappa shape index (κ1) is 27.0. The van der Waals surface area contributed by atoms with E-state index in [2.05, 4.69) is 9.80 Å². The van der Waals surface area contributed by atoms with Crippen molar-refractivity contribution >= 4 is 23.4 Å². The molecule has 2 heterocycles. The normalized spacial score (nSPS) is 19.4. The molecule has 200 valence electrons. The van der Waals surface area contributed by atoms with E-state index in [1.54, 1.807) is 12.1 Å². The van der Waals surface area contributed by atoms with E-state index < -0.39 is 0 Å². The van der Waals surface area contributed by atoms with Crippen molar-refractivity contribution in [3.05, 3.63) is 40.5 Å². The molecule has 9 heteroatoms. The maximum absolute atomic E-state index is 13.4. The summed E-state index contributed by atoms with van der Waals surface area (Å²) >= 11 is 0. The second kappa shape index (κ2) is 12.0. The predicted molar refractivity (Wildman–Crippen MR) is 140 cm³/mol. The Morgan fingerprint density at radius 3 is 1.68 bits per heavy atom. The molecule has 4 rings (SSSR count). The molecule has 0 atom stereocenters. The van der Waals surface area contributed by atoms with Gasteiger partial charge in [-0.1, -0.05) is 12.1 Å². The molecule has 0 saturated carbocycles. The van der Waals surface area contributed by atoms with Crippen LogP contribution in [0.25, 0.3) is 0 Å². The molecular formula is C28H38N4O5. The molecule has 2 amide bonds. The Morgan fingerprint density at radius 1 is 0.730 bits per heavy atom. The van der Waals surface area contributed by atoms with Crippen LogP contribution in [0.2, 0.25) is 0 Å². The lowest BCUT2D eigenvalue weighted by Crippen LogP contribution is -2.47. The van der Waals surface area contributed by atoms with Crippen LogP contribution in [0, 0.1) is 0 Å². The summed E-state index contributed by atoms with van der Waals surface area (Å²) in [6, 6.07) is 4.55. The Balaban J connectivity index is 1.43. The van der Waals surface area contributed by atoms with Gasteiger partial charge in [-0.25, -0.2) is 0 Å². The number of aromatic hydroxyl groups is 1. The highest BCUT2D eigenvalue weighted by molar-refractivity contribution is 6.27. The summed E-state index contributed by atoms with van der Waals surface area (Å²) in [6.45, 7) is 6.19. The molecule has 2 aliphatic heterocycles. The molecule has 0 aromatic heterocycles. The van der Waals surface area contributed by atoms with Gasteiger partial charge in [0.1, 0.15) is 5.75 Å². The van der Waals surface area contributed by atoms with E-state index in [0.717, 1.165) is 26.2 Å². The fourth-order valence-corrected chi connectivity index (χ4v) is 5.35. The minimum absolute atomic E-state index is 0.0464. The van der Waals surface area contributed by atoms with Crippen LogP contribution in [0.1, 0.15) is 59.2 Å². The predicted octanol–water partition coefficient (Wildman–Crippen LogP) is 1.96. The van der Waals surface area contributed by atoms with E-state index >= 15 is 0 Å². The lowest BCUT2D eigenvalue weighted by Gasteiger charge is -2.32. The zero-order valence-corrected chi connectivity index (χ0v) is 22.0. The first-order valence-electron chi connectivity index (χ1n) is 13.3. The van der Waals surface area contributed by atoms with Crippen LogP contribution < -0.4 is 0 Å². The van der Waals surface area contributed by atoms with Crippen molar-refractivity contribution in [1.82, 2.24) is 19.6 Å². The summed E-state index contributed by atoms with van der Waals surface area (Å²) in [7, 11) is 4.07. The van der Waals surface area contributed by atoms with Crippen molar-refractivity contribution in [3.63, 3.8) is 0 Å². The standard InChI is InChI=1S/C28H38N4O5/c1-29-12-16-31(17-13-29)24(34)10-4-6-20-21(7-5-11-25(35)32-18-14-30(2)15-19-32)28(37)26-22(27(20)36)8-3-9-23(26)33/h3,8-9,33H,4-7,10-19H2,1-2H3. The third-order valence-electron chi connectivity index (χ3n) is 7.77. The number of benzene rings is 1. The molecule has 1 aromatic carbocycles. The Bertz CT molecular complexity index is 1080. The van der Waals surface area contributed by atoms with E-state index in [1.165, 1.54) is 6.07 Å². The Morgan fingerprint density at radius 2 is 1.19 bits per heavy atom. The average Bonchev–Trinajstić information content (AvgIpc) is 2.88. The summed E-state index contributed by atoms with van der Waals surface area (Å²) in [6.07, 6.45) is 2.15. The third kappa shape index (κ3) is 6.27. The zero-order chi connectivity index (χ0) is 26.5. The molecule has 2 saturated heterocycles. The molecular weight excluding hydrogens is 472 g/mol. The van der Waals surface area contributed by atoms with Crippen LogP contribution in [0.5, 0.6) is 5.75 Å². The molecule has 0 radical (unpaired) electrons. The third-order valence-corrected chi connectivity index (χ3v) is 7.77. The summed E-state index contributed by atoms with van der Waals surface area (Å²) in [4.78, 5) is 60.3. The molecule has 3 aliphatic rings. The number of rotatable bonds is 8. The minimum atomic E-state index is -0.347. The van der Waals surface area contributed by atoms with E-state index in [4.69, 9.17) is 0 Å². The van der Waals surface area contributed by atoms with Crippen LogP contribution in [-0.2, 0) is 9.59 Å². The number of Topliss-reactive ketones (excluding diaryl/α,β-unsaturated/α-hetero) is 2. The van der Waals surface area contributed by atoms with Gasteiger partial charge in [0.2, 0.25) is 11.8 Å². The lowest BCUT2D eigenvalue weighted by atomic mass is 9.80. The molecule has 0 bridgehead atoms. The summed E-state index contributed by atoms with van der Waals surface area (Å²) in [5, 5.41) is 10.4. The molecule has 1 aromatic rings. The van der Waals surface area contributed by atoms with Gasteiger partial charge in [0.15, 0.2) is 11.6 Å². The number of hydrogen-bond donors (Lipinski definition) is 1. The van der Waals surface area contributed by atoms with Gasteiger partial charge in [-0.3, -0.25) is 19.2 Å². The maximum atomic E-state index is 13.4. The van der Waals surface area contributed by atoms with Gasteiger partial charge in [0.05, 0.1) is 5.56 Å². The number of likely N-dealkylation sites (N-methyl/N-ethyl adjacent to an activating group) is 2. The number of hydrogen-bond acceptors (Lipinski definition) is 7. The Kier molecular flexibility index (Phi) is 8.76. The second-order valence-electron chi connectivity index (χ2n) is 10.4. The molecule has 37 heavy (non-hydrogen) atoms. The van der Waals surface area contributed by atoms with E-state index in [0.29, 0.717) is 75.9 Å². The van der Waals surface area contributed by atoms with Gasteiger partial charge < -0.3 is 24.7 Å². The van der Waals surface area contributed by atoms with Gasteiger partial charge in [0, 0.05) is 81.9 Å². The van der Waals surface area contributed by atoms with Crippen LogP contribution in [0.3, 0.4) is 0 Å². The van der Waals surface area contributed by atoms with Crippen molar-refractivity contribution < 1.29 is 24.3 Å². The van der Waals surface area contributed by atoms with Crippen LogP contribution in [0.15, 0.2) is 29.3 Å². The number of carbonyl (C=O) groups is 4. The smallest absolute Gasteiger partial charge is 0.222 e. The van der Waals surface area contributed by atoms with Crippen molar-refractivity contribution in [1.29, 1.82) is 0 Å². The Hall–Kier alpha value is -3.04. The van der Waals surface area contributed by atoms with Crippen LogP contribution in [-0.4, -0.2) is 115 Å². The fourth-order valence-electron chi connectivity index (χ4n) is 5.35. The first-order chi connectivity index (χ1) is 17.8. The molecule has 9 nitrogen and oxygen atoms in total. The second-order valence-corrected chi connectivity index (χ2v) is 10.4. The highest BCUT2D eigenvalue weighted by Crippen LogP contribution is 2.36. The zero-order valence-electron chi connectivity index (χ0n) is 22.0. The largest absolute Gasteiger partial charge is 0.507 e. The van der Waals surface area contributed by atoms with Crippen molar-refractivity contribution in [2.75, 3.05) is 66.5 Å². The summed E-state index contributed by atoms with van der Waals surface area (Å²) in [5.41, 5.74) is 1.05. The van der Waals surface area contributed by atoms with E-state index in [1.807, 2.05) is 23.9 Å². The number of piperazine rings is 2. The van der Waals surface area contributed by atoms with E-state index in [9.17, 15) is 24.3 Å². The SMILES string of the molecule is CN1CCN(C(=O)CCCC2=C(CCCC(=O)N3CCN(C)CC3)C(=O)c3c(O)cccc3C2=O)CC1. The number of fused-ring (bicyclic) bond motifs is 1. The first-order valence-corrected chi connectivity index (χ1v) is 13.3. The number of nitrogens with zero attached hydrogens (tertiary/aromatic N) is 4. The van der Waals surface area contributed by atoms with Gasteiger partial charge in [-0.05, 0) is 45.8 Å². The van der Waals surface area contributed by atoms with E-state index in [-0.39, 0.29) is 40.3 Å². The lowest BCUT2D eigenvalue weighted by molar-refractivity contribution is -0.133. The number of ketones is 2. The quantitative estimate of drug-likeness (QED) is 0.571. The molecule has 0 spiro atoms. The fraction of sp³-hybridized carbons (Fsp3) is 0.571. The summed E-state index contributed by atoms with van der Waals surface area (Å²) < 4.78 is 0. The topological polar surface area (TPSA) is 101 Å². The van der Waals surface area contributed by atoms with Crippen LogP contribution in [0.4, 0.5) is 0 Å². The number of amides is 2. The van der Waals surface area contributed by atoms with Crippen molar-refractivity contribution in [3.8, 4) is 5.75 Å². The molecule has 1 aliphatic carbocycles. The number of phenolic OH excluding ortho intramolecular Hbond substituents is 1. The van der Waals surface area contributed by atoms with Crippen LogP contribution >= 0.6 is 0 Å². The number of carbonyl (C=O) groups excluding carboxylic acids is 4. The Labute approximate surface area is 218 Å². The van der Waals surface area contributed by atoms with Gasteiger partial charge >= 0.3 is 0 Å². The van der Waals surface area contributed by atoms with Crippen molar-refractivity contribution in [2.45, 2.75) is 38.5 Å². The van der Waals surface area contributed by atoms with Crippen molar-refractivity contribution in [2.24, 2.45) is 0 Å². The van der Waals surface area contributed by atoms with Gasteiger partial charge in [-0.15, -0.1) is 0 Å². The molecule has 2 fully saturated rings. The van der Waals surface area contributed by atoms with Gasteiger partial charge in [-0.2, -0.15) is 0 Å². The highest BCUT2D eigenvalue weighted by Gasteiger charge is 2.34. The maximum Gasteiger partial charge on any atom is 0.222 e. The number of allylic oxidation sites excluding steroid dienone is 2. The average molecular weight is 511 g/mol. The summed E-state index contributed by atoms with van der Waals surface area (Å²) in [5.74, 6) is -0.684. The monoisotopic (exact) mass is 510 g/mol. The number of phenols is 1. The molecule has 0 unspecified atom stereocenters. The minimum Gasteiger partial charge on any atom is -0.507 e. The highest BCUT2D eigenvalue weighted by atomic mass is 16.3. The van der Waals surface area contributed by atoms with Gasteiger partial charge in [0.25, 0.3) is 0 Å². The molecule has 1 N–H and O–H groups in total.